The van der Waals surface area contributed by atoms with Crippen LogP contribution in [0.4, 0.5) is 10.1 Å². The Kier molecular flexibility index (Phi) is 5.26. The summed E-state index contributed by atoms with van der Waals surface area (Å²) in [5.74, 6) is -0.851. The lowest BCUT2D eigenvalue weighted by atomic mass is 10.1. The maximum atomic E-state index is 13.6. The van der Waals surface area contributed by atoms with Crippen molar-refractivity contribution >= 4 is 40.2 Å². The molecule has 0 aliphatic rings. The van der Waals surface area contributed by atoms with E-state index in [9.17, 15) is 9.18 Å². The maximum absolute atomic E-state index is 13.6. The van der Waals surface area contributed by atoms with Crippen molar-refractivity contribution in [1.82, 2.24) is 5.43 Å². The highest BCUT2D eigenvalue weighted by atomic mass is 35.5. The van der Waals surface area contributed by atoms with Crippen molar-refractivity contribution in [2.24, 2.45) is 5.10 Å². The number of carbonyl (C=O) groups excluding carboxylic acids is 1. The molecule has 2 N–H and O–H groups in total. The summed E-state index contributed by atoms with van der Waals surface area (Å²) in [5.41, 5.74) is 3.33. The summed E-state index contributed by atoms with van der Waals surface area (Å²) in [7, 11) is 0. The van der Waals surface area contributed by atoms with E-state index >= 15 is 0 Å². The number of benzene rings is 3. The molecule has 0 unspecified atom stereocenters. The van der Waals surface area contributed by atoms with Crippen molar-refractivity contribution < 1.29 is 9.18 Å². The van der Waals surface area contributed by atoms with Gasteiger partial charge in [-0.25, -0.2) is 9.82 Å². The van der Waals surface area contributed by atoms with E-state index < -0.39 is 5.82 Å². The van der Waals surface area contributed by atoms with Crippen LogP contribution in [0.2, 0.25) is 5.02 Å². The van der Waals surface area contributed by atoms with Crippen LogP contribution in [0.25, 0.3) is 10.8 Å². The minimum atomic E-state index is -0.501. The van der Waals surface area contributed by atoms with Crippen molar-refractivity contribution in [2.45, 2.75) is 0 Å². The smallest absolute Gasteiger partial charge is 0.259 e. The zero-order valence-corrected chi connectivity index (χ0v) is 13.9. The highest BCUT2D eigenvalue weighted by Gasteiger charge is 2.05. The highest BCUT2D eigenvalue weighted by Crippen LogP contribution is 2.22. The van der Waals surface area contributed by atoms with E-state index in [2.05, 4.69) is 15.8 Å². The molecule has 0 saturated carbocycles. The molecule has 0 fully saturated rings. The number of anilines is 1. The van der Waals surface area contributed by atoms with E-state index in [0.29, 0.717) is 0 Å². The van der Waals surface area contributed by atoms with Crippen LogP contribution in [0.5, 0.6) is 0 Å². The molecule has 25 heavy (non-hydrogen) atoms. The molecule has 0 radical (unpaired) electrons. The lowest BCUT2D eigenvalue weighted by Crippen LogP contribution is -2.26. The summed E-state index contributed by atoms with van der Waals surface area (Å²) in [6.07, 6.45) is 1.19. The lowest BCUT2D eigenvalue weighted by Gasteiger charge is -2.08. The Labute approximate surface area is 149 Å². The third-order valence-corrected chi connectivity index (χ3v) is 3.94. The number of nitrogens with one attached hydrogen (secondary N) is 2. The first-order valence-corrected chi connectivity index (χ1v) is 8.00. The Hall–Kier alpha value is -2.92. The fourth-order valence-electron chi connectivity index (χ4n) is 2.40. The average Bonchev–Trinajstić information content (AvgIpc) is 2.62. The van der Waals surface area contributed by atoms with E-state index in [0.717, 1.165) is 16.5 Å². The maximum Gasteiger partial charge on any atom is 0.259 e. The second-order valence-electron chi connectivity index (χ2n) is 5.31. The summed E-state index contributed by atoms with van der Waals surface area (Å²) in [4.78, 5) is 11.9. The van der Waals surface area contributed by atoms with E-state index in [4.69, 9.17) is 11.6 Å². The first-order valence-electron chi connectivity index (χ1n) is 7.63. The zero-order valence-electron chi connectivity index (χ0n) is 13.2. The molecule has 6 heteroatoms. The third-order valence-electron chi connectivity index (χ3n) is 3.61. The fourth-order valence-corrected chi connectivity index (χ4v) is 2.61. The first kappa shape index (κ1) is 16.9. The Morgan fingerprint density at radius 3 is 2.68 bits per heavy atom. The van der Waals surface area contributed by atoms with E-state index in [1.165, 1.54) is 18.3 Å². The molecule has 1 amide bonds. The van der Waals surface area contributed by atoms with Crippen LogP contribution in [-0.4, -0.2) is 18.7 Å². The highest BCUT2D eigenvalue weighted by molar-refractivity contribution is 6.33. The van der Waals surface area contributed by atoms with Crippen LogP contribution in [0.3, 0.4) is 0 Å². The molecule has 0 heterocycles. The molecule has 0 aliphatic carbocycles. The number of rotatable bonds is 5. The molecule has 0 aliphatic heterocycles. The quantitative estimate of drug-likeness (QED) is 0.532. The molecule has 4 nitrogen and oxygen atoms in total. The summed E-state index contributed by atoms with van der Waals surface area (Å²) in [5, 5.41) is 9.16. The van der Waals surface area contributed by atoms with Crippen LogP contribution < -0.4 is 10.7 Å². The Balaban J connectivity index is 1.61. The van der Waals surface area contributed by atoms with Gasteiger partial charge in [-0.05, 0) is 23.6 Å². The van der Waals surface area contributed by atoms with Crippen molar-refractivity contribution in [3.63, 3.8) is 0 Å². The Morgan fingerprint density at radius 1 is 1.08 bits per heavy atom. The van der Waals surface area contributed by atoms with E-state index in [1.54, 1.807) is 6.07 Å². The molecule has 126 valence electrons. The van der Waals surface area contributed by atoms with Gasteiger partial charge in [0.15, 0.2) is 0 Å². The van der Waals surface area contributed by atoms with Crippen molar-refractivity contribution in [3.8, 4) is 0 Å². The predicted octanol–water partition coefficient (Wildman–Crippen LogP) is 4.19. The Morgan fingerprint density at radius 2 is 1.84 bits per heavy atom. The number of fused-ring (bicyclic) bond motifs is 1. The number of halogens is 2. The molecular weight excluding hydrogens is 341 g/mol. The molecule has 3 rings (SSSR count). The fraction of sp³-hybridized carbons (Fsp3) is 0.0526. The zero-order chi connectivity index (χ0) is 17.6. The number of nitrogens with zero attached hydrogens (tertiary/aromatic N) is 1. The summed E-state index contributed by atoms with van der Waals surface area (Å²) in [6, 6.07) is 18.0. The molecule has 3 aromatic carbocycles. The SMILES string of the molecule is O=C(CNc1cccc2ccccc12)N/N=C\c1c(F)cccc1Cl. The van der Waals surface area contributed by atoms with Crippen LogP contribution in [0, 0.1) is 5.82 Å². The topological polar surface area (TPSA) is 53.5 Å². The Bertz CT molecular complexity index is 917. The van der Waals surface area contributed by atoms with Crippen molar-refractivity contribution in [2.75, 3.05) is 11.9 Å². The minimum Gasteiger partial charge on any atom is -0.376 e. The van der Waals surface area contributed by atoms with Crippen LogP contribution in [-0.2, 0) is 4.79 Å². The number of hydrazone groups is 1. The largest absolute Gasteiger partial charge is 0.376 e. The number of amides is 1. The molecular formula is C19H15ClFN3O. The van der Waals surface area contributed by atoms with Gasteiger partial charge >= 0.3 is 0 Å². The van der Waals surface area contributed by atoms with Crippen molar-refractivity contribution in [1.29, 1.82) is 0 Å². The number of hydrogen-bond acceptors (Lipinski definition) is 3. The predicted molar refractivity (Wildman–Crippen MR) is 99.6 cm³/mol. The van der Waals surface area contributed by atoms with Crippen LogP contribution >= 0.6 is 11.6 Å². The van der Waals surface area contributed by atoms with Gasteiger partial charge in [-0.1, -0.05) is 54.1 Å². The van der Waals surface area contributed by atoms with Crippen molar-refractivity contribution in [3.05, 3.63) is 77.1 Å². The first-order chi connectivity index (χ1) is 12.1. The van der Waals surface area contributed by atoms with Gasteiger partial charge in [0.25, 0.3) is 5.91 Å². The van der Waals surface area contributed by atoms with Gasteiger partial charge in [-0.3, -0.25) is 4.79 Å². The monoisotopic (exact) mass is 355 g/mol. The lowest BCUT2D eigenvalue weighted by molar-refractivity contribution is -0.119. The summed E-state index contributed by atoms with van der Waals surface area (Å²) < 4.78 is 13.6. The standard InChI is InChI=1S/C19H15ClFN3O/c20-16-8-4-9-17(21)15(16)11-23-24-19(25)12-22-18-10-3-6-13-5-1-2-7-14(13)18/h1-11,22H,12H2,(H,24,25)/b23-11-. The molecule has 0 atom stereocenters. The van der Waals surface area contributed by atoms with Crippen LogP contribution in [0.1, 0.15) is 5.56 Å². The van der Waals surface area contributed by atoms with Gasteiger partial charge in [-0.2, -0.15) is 5.10 Å². The molecule has 0 bridgehead atoms. The summed E-state index contributed by atoms with van der Waals surface area (Å²) >= 11 is 5.89. The van der Waals surface area contributed by atoms with Gasteiger partial charge in [-0.15, -0.1) is 0 Å². The van der Waals surface area contributed by atoms with Gasteiger partial charge < -0.3 is 5.32 Å². The van der Waals surface area contributed by atoms with E-state index in [1.807, 2.05) is 42.5 Å². The van der Waals surface area contributed by atoms with Crippen LogP contribution in [0.15, 0.2) is 65.8 Å². The normalized spacial score (nSPS) is 11.0. The second kappa shape index (κ2) is 7.77. The number of carbonyl (C=O) groups is 1. The van der Waals surface area contributed by atoms with Gasteiger partial charge in [0.05, 0.1) is 17.8 Å². The third kappa shape index (κ3) is 4.14. The van der Waals surface area contributed by atoms with E-state index in [-0.39, 0.29) is 23.0 Å². The molecule has 0 aromatic heterocycles. The molecule has 0 saturated heterocycles. The second-order valence-corrected chi connectivity index (χ2v) is 5.72. The number of hydrogen-bond donors (Lipinski definition) is 2. The molecule has 0 spiro atoms. The molecule has 3 aromatic rings. The summed E-state index contributed by atoms with van der Waals surface area (Å²) in [6.45, 7) is 0.0380. The average molecular weight is 356 g/mol. The van der Waals surface area contributed by atoms with Gasteiger partial charge in [0.1, 0.15) is 5.82 Å². The van der Waals surface area contributed by atoms with Gasteiger partial charge in [0, 0.05) is 16.6 Å². The minimum absolute atomic E-state index is 0.0380. The van der Waals surface area contributed by atoms with Gasteiger partial charge in [0.2, 0.25) is 0 Å².